The normalized spacial score (nSPS) is 10.6. The van der Waals surface area contributed by atoms with Gasteiger partial charge in [-0.2, -0.15) is 5.10 Å². The van der Waals surface area contributed by atoms with Gasteiger partial charge in [0.15, 0.2) is 0 Å². The second-order valence-electron chi connectivity index (χ2n) is 3.81. The van der Waals surface area contributed by atoms with Crippen LogP contribution >= 0.6 is 15.9 Å². The van der Waals surface area contributed by atoms with Crippen LogP contribution in [-0.4, -0.2) is 17.3 Å². The SMILES string of the molecule is O=C(O)c1ccc(N/N=C\c2cccc(Br)c2)cc1. The van der Waals surface area contributed by atoms with E-state index in [-0.39, 0.29) is 5.56 Å². The number of hydrazone groups is 1. The van der Waals surface area contributed by atoms with Gasteiger partial charge in [-0.15, -0.1) is 0 Å². The molecule has 0 amide bonds. The van der Waals surface area contributed by atoms with E-state index in [1.807, 2.05) is 24.3 Å². The molecule has 19 heavy (non-hydrogen) atoms. The van der Waals surface area contributed by atoms with E-state index in [0.29, 0.717) is 0 Å². The van der Waals surface area contributed by atoms with Crippen LogP contribution in [0.1, 0.15) is 15.9 Å². The van der Waals surface area contributed by atoms with Crippen LogP contribution in [0.4, 0.5) is 5.69 Å². The molecule has 2 rings (SSSR count). The van der Waals surface area contributed by atoms with Crippen molar-refractivity contribution in [2.75, 3.05) is 5.43 Å². The van der Waals surface area contributed by atoms with Crippen molar-refractivity contribution >= 4 is 33.8 Å². The van der Waals surface area contributed by atoms with Crippen LogP contribution in [0.3, 0.4) is 0 Å². The van der Waals surface area contributed by atoms with E-state index in [2.05, 4.69) is 26.5 Å². The van der Waals surface area contributed by atoms with Crippen LogP contribution in [0, 0.1) is 0 Å². The van der Waals surface area contributed by atoms with Crippen molar-refractivity contribution in [1.29, 1.82) is 0 Å². The summed E-state index contributed by atoms with van der Waals surface area (Å²) in [4.78, 5) is 10.7. The maximum absolute atomic E-state index is 10.7. The molecule has 0 saturated carbocycles. The molecular weight excluding hydrogens is 308 g/mol. The highest BCUT2D eigenvalue weighted by molar-refractivity contribution is 9.10. The number of nitrogens with zero attached hydrogens (tertiary/aromatic N) is 1. The molecule has 0 aliphatic rings. The first kappa shape index (κ1) is 13.3. The molecule has 0 aromatic heterocycles. The molecule has 5 heteroatoms. The zero-order valence-corrected chi connectivity index (χ0v) is 11.5. The molecule has 0 saturated heterocycles. The molecule has 2 aromatic carbocycles. The predicted octanol–water partition coefficient (Wildman–Crippen LogP) is 3.59. The van der Waals surface area contributed by atoms with Gasteiger partial charge in [-0.3, -0.25) is 5.43 Å². The third kappa shape index (κ3) is 3.93. The summed E-state index contributed by atoms with van der Waals surface area (Å²) in [6.07, 6.45) is 1.69. The molecule has 0 bridgehead atoms. The van der Waals surface area contributed by atoms with Gasteiger partial charge in [-0.1, -0.05) is 28.1 Å². The third-order valence-corrected chi connectivity index (χ3v) is 2.88. The smallest absolute Gasteiger partial charge is 0.335 e. The van der Waals surface area contributed by atoms with Crippen LogP contribution in [0.2, 0.25) is 0 Å². The minimum Gasteiger partial charge on any atom is -0.478 e. The zero-order chi connectivity index (χ0) is 13.7. The lowest BCUT2D eigenvalue weighted by Crippen LogP contribution is -1.96. The van der Waals surface area contributed by atoms with Gasteiger partial charge in [0, 0.05) is 4.47 Å². The van der Waals surface area contributed by atoms with Gasteiger partial charge in [-0.05, 0) is 42.0 Å². The lowest BCUT2D eigenvalue weighted by atomic mass is 10.2. The Hall–Kier alpha value is -2.14. The molecule has 0 aliphatic heterocycles. The monoisotopic (exact) mass is 318 g/mol. The van der Waals surface area contributed by atoms with Gasteiger partial charge in [0.25, 0.3) is 0 Å². The number of aromatic carboxylic acids is 1. The topological polar surface area (TPSA) is 61.7 Å². The Kier molecular flexibility index (Phi) is 4.30. The molecule has 0 heterocycles. The largest absolute Gasteiger partial charge is 0.478 e. The van der Waals surface area contributed by atoms with Gasteiger partial charge in [0.05, 0.1) is 17.5 Å². The van der Waals surface area contributed by atoms with Crippen molar-refractivity contribution in [3.05, 3.63) is 64.1 Å². The van der Waals surface area contributed by atoms with Crippen LogP contribution in [0.25, 0.3) is 0 Å². The first-order chi connectivity index (χ1) is 9.15. The molecule has 0 atom stereocenters. The number of benzene rings is 2. The molecular formula is C14H11BrN2O2. The number of carboxylic acid groups (broad SMARTS) is 1. The van der Waals surface area contributed by atoms with Crippen molar-refractivity contribution in [3.8, 4) is 0 Å². The first-order valence-electron chi connectivity index (χ1n) is 5.53. The first-order valence-corrected chi connectivity index (χ1v) is 6.32. The Labute approximate surface area is 118 Å². The summed E-state index contributed by atoms with van der Waals surface area (Å²) in [5.74, 6) is -0.941. The van der Waals surface area contributed by atoms with Gasteiger partial charge in [0.1, 0.15) is 0 Å². The zero-order valence-electron chi connectivity index (χ0n) is 9.88. The lowest BCUT2D eigenvalue weighted by Gasteiger charge is -2.00. The Balaban J connectivity index is 2.00. The van der Waals surface area contributed by atoms with E-state index >= 15 is 0 Å². The molecule has 4 nitrogen and oxygen atoms in total. The number of nitrogens with one attached hydrogen (secondary N) is 1. The average molecular weight is 319 g/mol. The Morgan fingerprint density at radius 1 is 1.21 bits per heavy atom. The summed E-state index contributed by atoms with van der Waals surface area (Å²) in [6.45, 7) is 0. The number of hydrogen-bond donors (Lipinski definition) is 2. The molecule has 2 aromatic rings. The van der Waals surface area contributed by atoms with Gasteiger partial charge in [0.2, 0.25) is 0 Å². The number of halogens is 1. The molecule has 0 radical (unpaired) electrons. The van der Waals surface area contributed by atoms with Crippen molar-refractivity contribution in [2.45, 2.75) is 0 Å². The average Bonchev–Trinajstić information content (AvgIpc) is 2.39. The highest BCUT2D eigenvalue weighted by Crippen LogP contribution is 2.11. The van der Waals surface area contributed by atoms with Crippen LogP contribution in [-0.2, 0) is 0 Å². The van der Waals surface area contributed by atoms with E-state index in [9.17, 15) is 4.79 Å². The predicted molar refractivity (Wildman–Crippen MR) is 78.8 cm³/mol. The second kappa shape index (κ2) is 6.15. The fourth-order valence-corrected chi connectivity index (χ4v) is 1.87. The number of rotatable bonds is 4. The van der Waals surface area contributed by atoms with E-state index in [1.54, 1.807) is 18.3 Å². The lowest BCUT2D eigenvalue weighted by molar-refractivity contribution is 0.0697. The minimum atomic E-state index is -0.941. The number of carbonyl (C=O) groups is 1. The maximum Gasteiger partial charge on any atom is 0.335 e. The molecule has 0 spiro atoms. The molecule has 96 valence electrons. The number of anilines is 1. The summed E-state index contributed by atoms with van der Waals surface area (Å²) in [5.41, 5.74) is 4.79. The fourth-order valence-electron chi connectivity index (χ4n) is 1.46. The van der Waals surface area contributed by atoms with Crippen molar-refractivity contribution in [1.82, 2.24) is 0 Å². The van der Waals surface area contributed by atoms with E-state index in [0.717, 1.165) is 15.7 Å². The standard InChI is InChI=1S/C14H11BrN2O2/c15-12-3-1-2-10(8-12)9-16-17-13-6-4-11(5-7-13)14(18)19/h1-9,17H,(H,18,19)/b16-9-. The Morgan fingerprint density at radius 3 is 2.58 bits per heavy atom. The van der Waals surface area contributed by atoms with Crippen LogP contribution in [0.15, 0.2) is 58.1 Å². The quantitative estimate of drug-likeness (QED) is 0.669. The summed E-state index contributed by atoms with van der Waals surface area (Å²) in [7, 11) is 0. The Bertz CT molecular complexity index is 609. The minimum absolute atomic E-state index is 0.251. The van der Waals surface area contributed by atoms with E-state index in [1.165, 1.54) is 12.1 Å². The second-order valence-corrected chi connectivity index (χ2v) is 4.72. The fraction of sp³-hybridized carbons (Fsp3) is 0. The van der Waals surface area contributed by atoms with Crippen LogP contribution < -0.4 is 5.43 Å². The summed E-state index contributed by atoms with van der Waals surface area (Å²) in [5, 5.41) is 12.9. The van der Waals surface area contributed by atoms with E-state index in [4.69, 9.17) is 5.11 Å². The highest BCUT2D eigenvalue weighted by Gasteiger charge is 2.00. The number of carboxylic acids is 1. The van der Waals surface area contributed by atoms with Crippen molar-refractivity contribution in [2.24, 2.45) is 5.10 Å². The van der Waals surface area contributed by atoms with Gasteiger partial charge in [-0.25, -0.2) is 4.79 Å². The van der Waals surface area contributed by atoms with Crippen molar-refractivity contribution in [3.63, 3.8) is 0 Å². The molecule has 0 unspecified atom stereocenters. The highest BCUT2D eigenvalue weighted by atomic mass is 79.9. The summed E-state index contributed by atoms with van der Waals surface area (Å²) >= 11 is 3.38. The van der Waals surface area contributed by atoms with Gasteiger partial charge >= 0.3 is 5.97 Å². The van der Waals surface area contributed by atoms with Gasteiger partial charge < -0.3 is 5.11 Å². The summed E-state index contributed by atoms with van der Waals surface area (Å²) < 4.78 is 0.988. The molecule has 0 aliphatic carbocycles. The summed E-state index contributed by atoms with van der Waals surface area (Å²) in [6, 6.07) is 14.1. The molecule has 0 fully saturated rings. The number of hydrogen-bond acceptors (Lipinski definition) is 3. The van der Waals surface area contributed by atoms with Crippen molar-refractivity contribution < 1.29 is 9.90 Å². The van der Waals surface area contributed by atoms with Crippen LogP contribution in [0.5, 0.6) is 0 Å². The molecule has 2 N–H and O–H groups in total. The van der Waals surface area contributed by atoms with E-state index < -0.39 is 5.97 Å². The Morgan fingerprint density at radius 2 is 1.95 bits per heavy atom. The third-order valence-electron chi connectivity index (χ3n) is 2.39. The maximum atomic E-state index is 10.7.